The van der Waals surface area contributed by atoms with Crippen LogP contribution in [0.25, 0.3) is 0 Å². The van der Waals surface area contributed by atoms with Gasteiger partial charge in [0.15, 0.2) is 5.82 Å². The van der Waals surface area contributed by atoms with E-state index in [1.807, 2.05) is 20.8 Å². The predicted octanol–water partition coefficient (Wildman–Crippen LogP) is 1.16. The van der Waals surface area contributed by atoms with Crippen LogP contribution in [0, 0.1) is 6.92 Å². The number of carbonyl (C=O) groups is 1. The fraction of sp³-hybridized carbons (Fsp3) is 0.714. The number of aromatic nitrogens is 2. The van der Waals surface area contributed by atoms with Gasteiger partial charge in [-0.05, 0) is 20.8 Å². The van der Waals surface area contributed by atoms with Gasteiger partial charge in [-0.25, -0.2) is 4.79 Å². The van der Waals surface area contributed by atoms with Gasteiger partial charge in [0.1, 0.15) is 11.4 Å². The molecule has 0 spiro atoms. The van der Waals surface area contributed by atoms with Crippen LogP contribution in [0.3, 0.4) is 0 Å². The van der Waals surface area contributed by atoms with Gasteiger partial charge in [0.2, 0.25) is 5.89 Å². The Morgan fingerprint density at radius 2 is 2.23 bits per heavy atom. The quantitative estimate of drug-likeness (QED) is 0.900. The molecule has 2 rings (SSSR count). The van der Waals surface area contributed by atoms with Crippen LogP contribution in [-0.2, 0) is 11.2 Å². The lowest BCUT2D eigenvalue weighted by Crippen LogP contribution is -2.47. The van der Waals surface area contributed by atoms with Gasteiger partial charge in [-0.1, -0.05) is 5.16 Å². The van der Waals surface area contributed by atoms with Gasteiger partial charge in [-0.3, -0.25) is 9.89 Å². The molecule has 1 aromatic rings. The van der Waals surface area contributed by atoms with Crippen molar-refractivity contribution in [2.45, 2.75) is 39.7 Å². The van der Waals surface area contributed by atoms with Crippen LogP contribution < -0.4 is 5.32 Å². The van der Waals surface area contributed by atoms with E-state index in [1.165, 1.54) is 0 Å². The first-order valence-corrected chi connectivity index (χ1v) is 7.38. The van der Waals surface area contributed by atoms with E-state index < -0.39 is 5.60 Å². The van der Waals surface area contributed by atoms with Gasteiger partial charge in [0, 0.05) is 26.4 Å². The highest BCUT2D eigenvalue weighted by atomic mass is 16.6. The van der Waals surface area contributed by atoms with E-state index in [0.717, 1.165) is 5.84 Å². The Morgan fingerprint density at radius 1 is 1.45 bits per heavy atom. The number of nitrogens with one attached hydrogen (secondary N) is 1. The summed E-state index contributed by atoms with van der Waals surface area (Å²) >= 11 is 0. The van der Waals surface area contributed by atoms with Crippen molar-refractivity contribution in [3.63, 3.8) is 0 Å². The molecule has 0 aliphatic carbocycles. The molecule has 1 aliphatic heterocycles. The summed E-state index contributed by atoms with van der Waals surface area (Å²) in [6, 6.07) is 0. The molecule has 0 bridgehead atoms. The summed E-state index contributed by atoms with van der Waals surface area (Å²) in [5.74, 6) is 1.99. The van der Waals surface area contributed by atoms with Crippen molar-refractivity contribution in [1.82, 2.24) is 20.4 Å². The molecule has 0 unspecified atom stereocenters. The number of amidine groups is 1. The first-order chi connectivity index (χ1) is 10.3. The monoisotopic (exact) mass is 309 g/mol. The lowest BCUT2D eigenvalue weighted by molar-refractivity contribution is 0.0276. The van der Waals surface area contributed by atoms with E-state index in [-0.39, 0.29) is 6.09 Å². The van der Waals surface area contributed by atoms with Crippen molar-refractivity contribution in [1.29, 1.82) is 0 Å². The van der Waals surface area contributed by atoms with Gasteiger partial charge in [0.05, 0.1) is 13.1 Å². The van der Waals surface area contributed by atoms with Crippen molar-refractivity contribution in [3.05, 3.63) is 11.7 Å². The van der Waals surface area contributed by atoms with Gasteiger partial charge in [-0.2, -0.15) is 4.98 Å². The van der Waals surface area contributed by atoms with Gasteiger partial charge >= 0.3 is 6.09 Å². The Bertz CT molecular complexity index is 547. The van der Waals surface area contributed by atoms with Crippen LogP contribution in [0.4, 0.5) is 4.79 Å². The van der Waals surface area contributed by atoms with E-state index in [9.17, 15) is 4.79 Å². The second kappa shape index (κ2) is 6.76. The van der Waals surface area contributed by atoms with Gasteiger partial charge in [0.25, 0.3) is 0 Å². The molecule has 8 nitrogen and oxygen atoms in total. The summed E-state index contributed by atoms with van der Waals surface area (Å²) in [6.45, 7) is 9.54. The molecule has 1 N–H and O–H groups in total. The highest BCUT2D eigenvalue weighted by molar-refractivity contribution is 5.87. The molecule has 1 amide bonds. The van der Waals surface area contributed by atoms with E-state index >= 15 is 0 Å². The molecule has 22 heavy (non-hydrogen) atoms. The van der Waals surface area contributed by atoms with Crippen LogP contribution in [0.15, 0.2) is 9.52 Å². The highest BCUT2D eigenvalue weighted by Gasteiger charge is 2.24. The zero-order valence-electron chi connectivity index (χ0n) is 13.5. The lowest BCUT2D eigenvalue weighted by atomic mass is 10.2. The number of amides is 1. The fourth-order valence-corrected chi connectivity index (χ4v) is 1.97. The van der Waals surface area contributed by atoms with Crippen molar-refractivity contribution in [3.8, 4) is 0 Å². The van der Waals surface area contributed by atoms with E-state index in [1.54, 1.807) is 11.8 Å². The Balaban J connectivity index is 1.78. The second-order valence-corrected chi connectivity index (χ2v) is 6.14. The fourth-order valence-electron chi connectivity index (χ4n) is 1.97. The molecule has 0 fully saturated rings. The molecule has 1 aromatic heterocycles. The third kappa shape index (κ3) is 5.01. The van der Waals surface area contributed by atoms with Crippen LogP contribution in [0.2, 0.25) is 0 Å². The molecule has 122 valence electrons. The SMILES string of the molecule is Cc1nc(CCNC2=NCCN(C(=O)OC(C)(C)C)C2)no1. The maximum absolute atomic E-state index is 12.0. The van der Waals surface area contributed by atoms with Crippen LogP contribution >= 0.6 is 0 Å². The molecular formula is C14H23N5O3. The summed E-state index contributed by atoms with van der Waals surface area (Å²) in [7, 11) is 0. The number of hydrogen-bond acceptors (Lipinski definition) is 7. The Kier molecular flexibility index (Phi) is 4.99. The molecule has 0 aromatic carbocycles. The average Bonchev–Trinajstić information content (AvgIpc) is 2.83. The van der Waals surface area contributed by atoms with Crippen LogP contribution in [-0.4, -0.2) is 58.7 Å². The molecular weight excluding hydrogens is 286 g/mol. The molecule has 0 saturated carbocycles. The van der Waals surface area contributed by atoms with E-state index in [4.69, 9.17) is 9.26 Å². The van der Waals surface area contributed by atoms with Crippen molar-refractivity contribution >= 4 is 11.9 Å². The highest BCUT2D eigenvalue weighted by Crippen LogP contribution is 2.10. The molecule has 8 heteroatoms. The zero-order chi connectivity index (χ0) is 16.2. The number of hydrogen-bond donors (Lipinski definition) is 1. The smallest absolute Gasteiger partial charge is 0.410 e. The minimum absolute atomic E-state index is 0.310. The Labute approximate surface area is 129 Å². The summed E-state index contributed by atoms with van der Waals surface area (Å²) < 4.78 is 10.3. The number of carbonyl (C=O) groups excluding carboxylic acids is 1. The number of ether oxygens (including phenoxy) is 1. The summed E-state index contributed by atoms with van der Waals surface area (Å²) in [4.78, 5) is 22.2. The summed E-state index contributed by atoms with van der Waals surface area (Å²) in [5, 5.41) is 7.04. The maximum atomic E-state index is 12.0. The lowest BCUT2D eigenvalue weighted by Gasteiger charge is -2.29. The van der Waals surface area contributed by atoms with Crippen LogP contribution in [0.1, 0.15) is 32.5 Å². The summed E-state index contributed by atoms with van der Waals surface area (Å²) in [5.41, 5.74) is -0.490. The van der Waals surface area contributed by atoms with Crippen molar-refractivity contribution in [2.24, 2.45) is 4.99 Å². The molecule has 1 aliphatic rings. The summed E-state index contributed by atoms with van der Waals surface area (Å²) in [6.07, 6.45) is 0.332. The van der Waals surface area contributed by atoms with Gasteiger partial charge in [-0.15, -0.1) is 0 Å². The van der Waals surface area contributed by atoms with E-state index in [0.29, 0.717) is 44.3 Å². The molecule has 0 atom stereocenters. The topological polar surface area (TPSA) is 92.9 Å². The van der Waals surface area contributed by atoms with Gasteiger partial charge < -0.3 is 14.6 Å². The minimum Gasteiger partial charge on any atom is -0.444 e. The molecule has 0 radical (unpaired) electrons. The number of rotatable bonds is 3. The number of aliphatic imine (C=N–C) groups is 1. The van der Waals surface area contributed by atoms with Crippen molar-refractivity contribution < 1.29 is 14.1 Å². The van der Waals surface area contributed by atoms with E-state index in [2.05, 4.69) is 20.4 Å². The Hall–Kier alpha value is -2.12. The molecule has 0 saturated heterocycles. The third-order valence-corrected chi connectivity index (χ3v) is 2.91. The average molecular weight is 309 g/mol. The molecule has 2 heterocycles. The Morgan fingerprint density at radius 3 is 2.86 bits per heavy atom. The normalized spacial score (nSPS) is 15.5. The largest absolute Gasteiger partial charge is 0.444 e. The first kappa shape index (κ1) is 16.3. The number of nitrogens with zero attached hydrogens (tertiary/aromatic N) is 4. The minimum atomic E-state index is -0.490. The standard InChI is InChI=1S/C14H23N5O3/c1-10-17-11(18-22-10)5-6-15-12-9-19(8-7-16-12)13(20)21-14(2,3)4/h5-9H2,1-4H3,(H,15,16). The predicted molar refractivity (Wildman–Crippen MR) is 80.9 cm³/mol. The second-order valence-electron chi connectivity index (χ2n) is 6.14. The first-order valence-electron chi connectivity index (χ1n) is 7.38. The zero-order valence-corrected chi connectivity index (χ0v) is 13.5. The maximum Gasteiger partial charge on any atom is 0.410 e. The third-order valence-electron chi connectivity index (χ3n) is 2.91. The number of aryl methyl sites for hydroxylation is 1. The van der Waals surface area contributed by atoms with Crippen LogP contribution in [0.5, 0.6) is 0 Å². The van der Waals surface area contributed by atoms with Crippen molar-refractivity contribution in [2.75, 3.05) is 26.2 Å².